The lowest BCUT2D eigenvalue weighted by atomic mass is 10.1. The molecule has 1 fully saturated rings. The monoisotopic (exact) mass is 275 g/mol. The van der Waals surface area contributed by atoms with Gasteiger partial charge in [0.15, 0.2) is 0 Å². The Morgan fingerprint density at radius 3 is 2.86 bits per heavy atom. The topological polar surface area (TPSA) is 49.3 Å². The van der Waals surface area contributed by atoms with Gasteiger partial charge >= 0.3 is 5.97 Å². The van der Waals surface area contributed by atoms with E-state index in [1.807, 2.05) is 5.38 Å². The summed E-state index contributed by atoms with van der Waals surface area (Å²) in [5, 5.41) is 16.0. The van der Waals surface area contributed by atoms with Gasteiger partial charge < -0.3 is 5.11 Å². The van der Waals surface area contributed by atoms with Gasteiger partial charge in [0, 0.05) is 15.9 Å². The molecule has 0 amide bonds. The fraction of sp³-hybridized carbons (Fsp3) is 0.444. The Balaban J connectivity index is 2.10. The van der Waals surface area contributed by atoms with Crippen molar-refractivity contribution in [3.63, 3.8) is 0 Å². The Hall–Kier alpha value is -0.390. The van der Waals surface area contributed by atoms with Crippen LogP contribution in [0.1, 0.15) is 24.4 Å². The van der Waals surface area contributed by atoms with Crippen molar-refractivity contribution in [2.45, 2.75) is 24.9 Å². The van der Waals surface area contributed by atoms with Gasteiger partial charge in [0.2, 0.25) is 0 Å². The van der Waals surface area contributed by atoms with Crippen molar-refractivity contribution in [2.75, 3.05) is 0 Å². The number of aliphatic carboxylic acids is 1. The van der Waals surface area contributed by atoms with Crippen molar-refractivity contribution in [3.05, 3.63) is 20.8 Å². The fourth-order valence-corrected chi connectivity index (χ4v) is 3.35. The Labute approximate surface area is 94.3 Å². The molecule has 1 aliphatic rings. The third-order valence-electron chi connectivity index (χ3n) is 2.46. The number of rotatable bonds is 2. The third kappa shape index (κ3) is 1.85. The highest BCUT2D eigenvalue weighted by molar-refractivity contribution is 9.10. The molecule has 5 heteroatoms. The van der Waals surface area contributed by atoms with Crippen LogP contribution in [0.3, 0.4) is 0 Å². The van der Waals surface area contributed by atoms with Crippen LogP contribution in [0.15, 0.2) is 15.2 Å². The molecule has 0 radical (unpaired) electrons. The first-order valence-corrected chi connectivity index (χ1v) is 6.12. The summed E-state index contributed by atoms with van der Waals surface area (Å²) in [6.45, 7) is 0. The van der Waals surface area contributed by atoms with Gasteiger partial charge in [-0.15, -0.1) is 0 Å². The van der Waals surface area contributed by atoms with E-state index in [2.05, 4.69) is 26.6 Å². The summed E-state index contributed by atoms with van der Waals surface area (Å²) in [6, 6.07) is -0.191. The number of carboxylic acids is 1. The molecule has 0 bridgehead atoms. The summed E-state index contributed by atoms with van der Waals surface area (Å²) >= 11 is 5.08. The molecule has 0 unspecified atom stereocenters. The largest absolute Gasteiger partial charge is 0.480 e. The van der Waals surface area contributed by atoms with Crippen LogP contribution < -0.4 is 5.32 Å². The summed E-state index contributed by atoms with van der Waals surface area (Å²) in [6.07, 6.45) is 1.61. The highest BCUT2D eigenvalue weighted by atomic mass is 79.9. The van der Waals surface area contributed by atoms with Crippen molar-refractivity contribution >= 4 is 33.2 Å². The van der Waals surface area contributed by atoms with Gasteiger partial charge in [-0.1, -0.05) is 0 Å². The van der Waals surface area contributed by atoms with Crippen LogP contribution >= 0.6 is 27.3 Å². The normalized spacial score (nSPS) is 26.6. The van der Waals surface area contributed by atoms with E-state index in [1.165, 1.54) is 5.56 Å². The lowest BCUT2D eigenvalue weighted by molar-refractivity contribution is -0.139. The molecule has 0 aliphatic carbocycles. The molecule has 2 atom stereocenters. The number of carboxylic acid groups (broad SMARTS) is 1. The van der Waals surface area contributed by atoms with Crippen molar-refractivity contribution in [1.29, 1.82) is 0 Å². The van der Waals surface area contributed by atoms with Crippen LogP contribution in [-0.2, 0) is 4.79 Å². The maximum absolute atomic E-state index is 10.7. The maximum atomic E-state index is 10.7. The highest BCUT2D eigenvalue weighted by Gasteiger charge is 2.30. The number of hydrogen-bond donors (Lipinski definition) is 2. The third-order valence-corrected chi connectivity index (χ3v) is 4.21. The van der Waals surface area contributed by atoms with E-state index in [9.17, 15) is 4.79 Å². The molecule has 0 aromatic carbocycles. The predicted octanol–water partition coefficient (Wildman–Crippen LogP) is 2.39. The first-order chi connectivity index (χ1) is 6.68. The van der Waals surface area contributed by atoms with E-state index in [4.69, 9.17) is 5.11 Å². The van der Waals surface area contributed by atoms with Gasteiger partial charge in [0.05, 0.1) is 0 Å². The first kappa shape index (κ1) is 10.1. The van der Waals surface area contributed by atoms with Crippen molar-refractivity contribution in [3.8, 4) is 0 Å². The lowest BCUT2D eigenvalue weighted by Gasteiger charge is -2.10. The molecule has 14 heavy (non-hydrogen) atoms. The zero-order valence-corrected chi connectivity index (χ0v) is 9.77. The van der Waals surface area contributed by atoms with Crippen LogP contribution in [0.2, 0.25) is 0 Å². The Morgan fingerprint density at radius 1 is 1.57 bits per heavy atom. The van der Waals surface area contributed by atoms with Gasteiger partial charge in [-0.25, -0.2) is 0 Å². The standard InChI is InChI=1S/C9H10BrNO2S/c10-6-4-14-3-5(6)7-1-2-8(11-7)9(12)13/h3-4,7-8,11H,1-2H2,(H,12,13)/t7-,8-/m0/s1. The van der Waals surface area contributed by atoms with E-state index < -0.39 is 5.97 Å². The molecule has 2 N–H and O–H groups in total. The van der Waals surface area contributed by atoms with Crippen LogP contribution in [0.25, 0.3) is 0 Å². The van der Waals surface area contributed by atoms with E-state index in [1.54, 1.807) is 11.3 Å². The highest BCUT2D eigenvalue weighted by Crippen LogP contribution is 2.33. The van der Waals surface area contributed by atoms with E-state index in [0.29, 0.717) is 6.42 Å². The van der Waals surface area contributed by atoms with Gasteiger partial charge in [0.1, 0.15) is 6.04 Å². The van der Waals surface area contributed by atoms with Crippen molar-refractivity contribution < 1.29 is 9.90 Å². The summed E-state index contributed by atoms with van der Waals surface area (Å²) in [5.74, 6) is -0.751. The van der Waals surface area contributed by atoms with Crippen LogP contribution in [0.4, 0.5) is 0 Å². The average Bonchev–Trinajstić information content (AvgIpc) is 2.71. The minimum Gasteiger partial charge on any atom is -0.480 e. The number of thiophene rings is 1. The van der Waals surface area contributed by atoms with Crippen molar-refractivity contribution in [2.24, 2.45) is 0 Å². The van der Waals surface area contributed by atoms with Crippen LogP contribution in [-0.4, -0.2) is 17.1 Å². The summed E-state index contributed by atoms with van der Waals surface area (Å²) in [5.41, 5.74) is 1.18. The molecule has 2 heterocycles. The Kier molecular flexibility index (Phi) is 2.90. The Bertz CT molecular complexity index is 352. The second kappa shape index (κ2) is 4.00. The minimum absolute atomic E-state index is 0.191. The average molecular weight is 276 g/mol. The van der Waals surface area contributed by atoms with Gasteiger partial charge in [-0.05, 0) is 39.7 Å². The molecule has 3 nitrogen and oxygen atoms in total. The molecular formula is C9H10BrNO2S. The predicted molar refractivity (Wildman–Crippen MR) is 58.6 cm³/mol. The molecule has 0 spiro atoms. The SMILES string of the molecule is O=C(O)[C@@H]1CC[C@@H](c2cscc2Br)N1. The summed E-state index contributed by atoms with van der Waals surface area (Å²) < 4.78 is 1.08. The number of halogens is 1. The molecule has 0 saturated carbocycles. The molecule has 1 aliphatic heterocycles. The summed E-state index contributed by atoms with van der Waals surface area (Å²) in [7, 11) is 0. The summed E-state index contributed by atoms with van der Waals surface area (Å²) in [4.78, 5) is 10.7. The molecule has 1 saturated heterocycles. The first-order valence-electron chi connectivity index (χ1n) is 4.39. The Morgan fingerprint density at radius 2 is 2.36 bits per heavy atom. The van der Waals surface area contributed by atoms with Crippen LogP contribution in [0.5, 0.6) is 0 Å². The van der Waals surface area contributed by atoms with E-state index >= 15 is 0 Å². The fourth-order valence-electron chi connectivity index (χ4n) is 1.72. The zero-order chi connectivity index (χ0) is 10.1. The van der Waals surface area contributed by atoms with Gasteiger partial charge in [-0.3, -0.25) is 10.1 Å². The number of nitrogens with one attached hydrogen (secondary N) is 1. The second-order valence-corrected chi connectivity index (χ2v) is 4.96. The second-order valence-electron chi connectivity index (χ2n) is 3.36. The maximum Gasteiger partial charge on any atom is 0.320 e. The van der Waals surface area contributed by atoms with Gasteiger partial charge in [0.25, 0.3) is 0 Å². The molecular weight excluding hydrogens is 266 g/mol. The molecule has 1 aromatic rings. The van der Waals surface area contributed by atoms with E-state index in [0.717, 1.165) is 10.9 Å². The molecule has 1 aromatic heterocycles. The van der Waals surface area contributed by atoms with Crippen molar-refractivity contribution in [1.82, 2.24) is 5.32 Å². The minimum atomic E-state index is -0.751. The van der Waals surface area contributed by atoms with Gasteiger partial charge in [-0.2, -0.15) is 11.3 Å². The quantitative estimate of drug-likeness (QED) is 0.872. The number of carbonyl (C=O) groups is 1. The molecule has 2 rings (SSSR count). The number of hydrogen-bond acceptors (Lipinski definition) is 3. The van der Waals surface area contributed by atoms with Crippen LogP contribution in [0, 0.1) is 0 Å². The smallest absolute Gasteiger partial charge is 0.320 e. The zero-order valence-electron chi connectivity index (χ0n) is 7.37. The lowest BCUT2D eigenvalue weighted by Crippen LogP contribution is -2.31. The van der Waals surface area contributed by atoms with E-state index in [-0.39, 0.29) is 12.1 Å². The molecule has 76 valence electrons.